The van der Waals surface area contributed by atoms with Crippen LogP contribution in [0.2, 0.25) is 0 Å². The minimum absolute atomic E-state index is 0.350. The van der Waals surface area contributed by atoms with Gasteiger partial charge in [-0.05, 0) is 19.8 Å². The molecule has 0 aromatic carbocycles. The van der Waals surface area contributed by atoms with E-state index in [-0.39, 0.29) is 0 Å². The smallest absolute Gasteiger partial charge is 0.0955 e. The van der Waals surface area contributed by atoms with Crippen LogP contribution < -0.4 is 0 Å². The number of nitrogens with zero attached hydrogens (tertiary/aromatic N) is 1. The van der Waals surface area contributed by atoms with E-state index in [1.165, 1.54) is 6.42 Å². The predicted octanol–water partition coefficient (Wildman–Crippen LogP) is 1.92. The van der Waals surface area contributed by atoms with Crippen LogP contribution in [0.4, 0.5) is 0 Å². The molecule has 0 spiro atoms. The van der Waals surface area contributed by atoms with Crippen molar-refractivity contribution in [3.05, 3.63) is 16.1 Å². The summed E-state index contributed by atoms with van der Waals surface area (Å²) in [7, 11) is 0. The third kappa shape index (κ3) is 2.32. The van der Waals surface area contributed by atoms with E-state index in [1.54, 1.807) is 18.3 Å². The molecule has 2 atom stereocenters. The molecule has 1 N–H and O–H groups in total. The fraction of sp³-hybridized carbons (Fsp3) is 0.700. The number of aromatic nitrogens is 1. The van der Waals surface area contributed by atoms with Gasteiger partial charge in [0.15, 0.2) is 0 Å². The molecule has 14 heavy (non-hydrogen) atoms. The molecule has 1 fully saturated rings. The summed E-state index contributed by atoms with van der Waals surface area (Å²) in [5.74, 6) is 0. The van der Waals surface area contributed by atoms with E-state index < -0.39 is 6.10 Å². The molecule has 2 rings (SSSR count). The topological polar surface area (TPSA) is 42.4 Å². The largest absolute Gasteiger partial charge is 0.387 e. The highest BCUT2D eigenvalue weighted by Gasteiger charge is 2.18. The van der Waals surface area contributed by atoms with Gasteiger partial charge in [0.25, 0.3) is 0 Å². The molecule has 1 saturated heterocycles. The van der Waals surface area contributed by atoms with Gasteiger partial charge < -0.3 is 9.84 Å². The summed E-state index contributed by atoms with van der Waals surface area (Å²) in [6.07, 6.45) is 3.10. The van der Waals surface area contributed by atoms with Crippen LogP contribution >= 0.6 is 11.3 Å². The predicted molar refractivity (Wildman–Crippen MR) is 55.4 cm³/mol. The Morgan fingerprint density at radius 2 is 2.64 bits per heavy atom. The van der Waals surface area contributed by atoms with Gasteiger partial charge in [-0.25, -0.2) is 4.98 Å². The average molecular weight is 213 g/mol. The van der Waals surface area contributed by atoms with Crippen molar-refractivity contribution < 1.29 is 9.84 Å². The summed E-state index contributed by atoms with van der Waals surface area (Å²) in [5, 5.41) is 12.3. The van der Waals surface area contributed by atoms with Crippen molar-refractivity contribution in [2.75, 3.05) is 6.61 Å². The van der Waals surface area contributed by atoms with Crippen LogP contribution in [0.25, 0.3) is 0 Å². The van der Waals surface area contributed by atoms with Gasteiger partial charge in [-0.3, -0.25) is 0 Å². The molecule has 0 radical (unpaired) electrons. The molecule has 2 unspecified atom stereocenters. The Labute approximate surface area is 87.7 Å². The van der Waals surface area contributed by atoms with Gasteiger partial charge >= 0.3 is 0 Å². The SMILES string of the molecule is CC(O)c1csc(CC2CCCO2)n1. The van der Waals surface area contributed by atoms with Gasteiger partial charge in [0.05, 0.1) is 22.9 Å². The molecule has 1 aromatic rings. The number of rotatable bonds is 3. The normalized spacial score (nSPS) is 24.0. The zero-order chi connectivity index (χ0) is 9.97. The first-order valence-electron chi connectivity index (χ1n) is 4.99. The number of aliphatic hydroxyl groups excluding tert-OH is 1. The van der Waals surface area contributed by atoms with Crippen LogP contribution in [0, 0.1) is 0 Å². The van der Waals surface area contributed by atoms with Crippen molar-refractivity contribution >= 4 is 11.3 Å². The third-order valence-corrected chi connectivity index (χ3v) is 3.31. The minimum atomic E-state index is -0.454. The van der Waals surface area contributed by atoms with Crippen LogP contribution in [0.15, 0.2) is 5.38 Å². The molecule has 1 aliphatic rings. The molecule has 0 saturated carbocycles. The van der Waals surface area contributed by atoms with Crippen LogP contribution in [-0.4, -0.2) is 22.8 Å². The first kappa shape index (κ1) is 10.1. The maximum atomic E-state index is 9.31. The molecule has 1 aromatic heterocycles. The van der Waals surface area contributed by atoms with E-state index in [2.05, 4.69) is 4.98 Å². The second kappa shape index (κ2) is 4.38. The fourth-order valence-electron chi connectivity index (χ4n) is 1.61. The lowest BCUT2D eigenvalue weighted by molar-refractivity contribution is 0.111. The van der Waals surface area contributed by atoms with E-state index in [9.17, 15) is 5.11 Å². The Hall–Kier alpha value is -0.450. The minimum Gasteiger partial charge on any atom is -0.387 e. The van der Waals surface area contributed by atoms with Crippen molar-refractivity contribution in [1.29, 1.82) is 0 Å². The van der Waals surface area contributed by atoms with Crippen molar-refractivity contribution in [3.8, 4) is 0 Å². The molecule has 0 amide bonds. The van der Waals surface area contributed by atoms with Crippen LogP contribution in [0.1, 0.15) is 36.6 Å². The first-order chi connectivity index (χ1) is 6.75. The van der Waals surface area contributed by atoms with Crippen molar-refractivity contribution in [2.24, 2.45) is 0 Å². The maximum Gasteiger partial charge on any atom is 0.0955 e. The Morgan fingerprint density at radius 3 is 3.21 bits per heavy atom. The molecule has 1 aliphatic heterocycles. The molecule has 0 bridgehead atoms. The molecule has 3 nitrogen and oxygen atoms in total. The van der Waals surface area contributed by atoms with E-state index in [4.69, 9.17) is 4.74 Å². The van der Waals surface area contributed by atoms with Crippen molar-refractivity contribution in [2.45, 2.75) is 38.4 Å². The molecule has 2 heterocycles. The van der Waals surface area contributed by atoms with Gasteiger partial charge in [0, 0.05) is 18.4 Å². The van der Waals surface area contributed by atoms with E-state index in [0.717, 1.165) is 30.2 Å². The van der Waals surface area contributed by atoms with Gasteiger partial charge in [-0.15, -0.1) is 11.3 Å². The lowest BCUT2D eigenvalue weighted by atomic mass is 10.2. The van der Waals surface area contributed by atoms with Crippen LogP contribution in [-0.2, 0) is 11.2 Å². The Morgan fingerprint density at radius 1 is 1.79 bits per heavy atom. The summed E-state index contributed by atoms with van der Waals surface area (Å²) < 4.78 is 5.53. The van der Waals surface area contributed by atoms with Gasteiger partial charge in [-0.1, -0.05) is 0 Å². The van der Waals surface area contributed by atoms with Crippen molar-refractivity contribution in [1.82, 2.24) is 4.98 Å². The first-order valence-corrected chi connectivity index (χ1v) is 5.87. The highest BCUT2D eigenvalue weighted by atomic mass is 32.1. The van der Waals surface area contributed by atoms with Crippen molar-refractivity contribution in [3.63, 3.8) is 0 Å². The number of hydrogen-bond acceptors (Lipinski definition) is 4. The number of hydrogen-bond donors (Lipinski definition) is 1. The van der Waals surface area contributed by atoms with E-state index >= 15 is 0 Å². The highest BCUT2D eigenvalue weighted by molar-refractivity contribution is 7.09. The lowest BCUT2D eigenvalue weighted by Crippen LogP contribution is -2.08. The van der Waals surface area contributed by atoms with Gasteiger partial charge in [-0.2, -0.15) is 0 Å². The Balaban J connectivity index is 1.95. The van der Waals surface area contributed by atoms with E-state index in [1.807, 2.05) is 5.38 Å². The van der Waals surface area contributed by atoms with Crippen LogP contribution in [0.5, 0.6) is 0 Å². The molecule has 0 aliphatic carbocycles. The standard InChI is InChI=1S/C10H15NO2S/c1-7(12)9-6-14-10(11-9)5-8-3-2-4-13-8/h6-8,12H,2-5H2,1H3. The van der Waals surface area contributed by atoms with Crippen LogP contribution in [0.3, 0.4) is 0 Å². The molecule has 78 valence electrons. The Bertz CT molecular complexity index is 292. The molecular formula is C10H15NO2S. The maximum absolute atomic E-state index is 9.31. The quantitative estimate of drug-likeness (QED) is 0.834. The summed E-state index contributed by atoms with van der Waals surface area (Å²) >= 11 is 1.61. The summed E-state index contributed by atoms with van der Waals surface area (Å²) in [6, 6.07) is 0. The third-order valence-electron chi connectivity index (χ3n) is 2.42. The molecular weight excluding hydrogens is 198 g/mol. The molecule has 4 heteroatoms. The Kier molecular flexibility index (Phi) is 3.15. The zero-order valence-corrected chi connectivity index (χ0v) is 9.09. The van der Waals surface area contributed by atoms with Gasteiger partial charge in [0.1, 0.15) is 0 Å². The second-order valence-electron chi connectivity index (χ2n) is 3.68. The lowest BCUT2D eigenvalue weighted by Gasteiger charge is -2.05. The second-order valence-corrected chi connectivity index (χ2v) is 4.62. The highest BCUT2D eigenvalue weighted by Crippen LogP contribution is 2.21. The zero-order valence-electron chi connectivity index (χ0n) is 8.27. The summed E-state index contributed by atoms with van der Waals surface area (Å²) in [5.41, 5.74) is 0.781. The monoisotopic (exact) mass is 213 g/mol. The number of thiazole rings is 1. The number of ether oxygens (including phenoxy) is 1. The average Bonchev–Trinajstić information content (AvgIpc) is 2.75. The summed E-state index contributed by atoms with van der Waals surface area (Å²) in [6.45, 7) is 2.63. The van der Waals surface area contributed by atoms with Gasteiger partial charge in [0.2, 0.25) is 0 Å². The summed E-state index contributed by atoms with van der Waals surface area (Å²) in [4.78, 5) is 4.36. The fourth-order valence-corrected chi connectivity index (χ4v) is 2.56. The van der Waals surface area contributed by atoms with E-state index in [0.29, 0.717) is 6.10 Å². The number of aliphatic hydroxyl groups is 1.